The van der Waals surface area contributed by atoms with Gasteiger partial charge < -0.3 is 15.5 Å². The highest BCUT2D eigenvalue weighted by Crippen LogP contribution is 2.69. The summed E-state index contributed by atoms with van der Waals surface area (Å²) in [5, 5.41) is 24.7. The summed E-state index contributed by atoms with van der Waals surface area (Å²) in [7, 11) is -3.50. The lowest BCUT2D eigenvalue weighted by atomic mass is 9.41. The number of hydrogen-bond acceptors (Lipinski definition) is 5. The number of nitrogens with one attached hydrogen (secondary N) is 2. The molecule has 11 atom stereocenters. The zero-order chi connectivity index (χ0) is 27.5. The number of hydrogen-bond donors (Lipinski definition) is 4. The molecule has 0 aromatic carbocycles. The number of aliphatic hydroxyl groups excluding tert-OH is 2. The number of fused-ring (bicyclic) bond motifs is 5. The Morgan fingerprint density at radius 2 is 1.66 bits per heavy atom. The van der Waals surface area contributed by atoms with Gasteiger partial charge in [-0.25, -0.2) is 17.9 Å². The molecule has 5 rings (SSSR count). The van der Waals surface area contributed by atoms with Gasteiger partial charge in [-0.1, -0.05) is 34.1 Å². The van der Waals surface area contributed by atoms with Crippen molar-refractivity contribution >= 4 is 16.1 Å². The Balaban J connectivity index is 1.20. The maximum Gasteiger partial charge on any atom is 0.328 e. The Bertz CT molecular complexity index is 985. The van der Waals surface area contributed by atoms with Crippen LogP contribution in [0.2, 0.25) is 0 Å². The molecular weight excluding hydrogens is 500 g/mol. The molecule has 5 saturated carbocycles. The van der Waals surface area contributed by atoms with Gasteiger partial charge in [0.1, 0.15) is 0 Å². The van der Waals surface area contributed by atoms with E-state index in [0.717, 1.165) is 38.5 Å². The van der Waals surface area contributed by atoms with Crippen molar-refractivity contribution in [2.75, 3.05) is 6.54 Å². The van der Waals surface area contributed by atoms with Crippen molar-refractivity contribution in [1.82, 2.24) is 10.0 Å². The molecule has 0 saturated heterocycles. The highest BCUT2D eigenvalue weighted by Gasteiger charge is 2.64. The van der Waals surface area contributed by atoms with Gasteiger partial charge >= 0.3 is 6.03 Å². The van der Waals surface area contributed by atoms with Crippen LogP contribution in [0.4, 0.5) is 4.79 Å². The van der Waals surface area contributed by atoms with Crippen LogP contribution >= 0.6 is 0 Å². The fourth-order valence-corrected chi connectivity index (χ4v) is 11.6. The van der Waals surface area contributed by atoms with Crippen molar-refractivity contribution in [3.63, 3.8) is 0 Å². The molecule has 2 amide bonds. The van der Waals surface area contributed by atoms with E-state index < -0.39 is 21.3 Å². The van der Waals surface area contributed by atoms with E-state index in [-0.39, 0.29) is 29.0 Å². The monoisotopic (exact) mass is 552 g/mol. The first-order valence-electron chi connectivity index (χ1n) is 15.6. The van der Waals surface area contributed by atoms with E-state index in [2.05, 4.69) is 37.7 Å². The lowest BCUT2D eigenvalue weighted by Crippen LogP contribution is -2.62. The number of sulfonamides is 1. The van der Waals surface area contributed by atoms with Crippen molar-refractivity contribution in [2.45, 2.75) is 122 Å². The highest BCUT2D eigenvalue weighted by atomic mass is 32.2. The molecule has 0 bridgehead atoms. The maximum absolute atomic E-state index is 12.1. The minimum atomic E-state index is -3.50. The van der Waals surface area contributed by atoms with Crippen molar-refractivity contribution in [3.05, 3.63) is 0 Å². The van der Waals surface area contributed by atoms with Crippen molar-refractivity contribution in [2.24, 2.45) is 52.3 Å². The lowest BCUT2D eigenvalue weighted by molar-refractivity contribution is -0.203. The van der Waals surface area contributed by atoms with Gasteiger partial charge in [0.05, 0.1) is 17.5 Å². The Labute approximate surface area is 230 Å². The van der Waals surface area contributed by atoms with Crippen LogP contribution < -0.4 is 10.0 Å². The SMILES string of the molecule is CC[C@H]1[C@@H](O)[C@H]2[C@@H]3CC[C@H]([C@H](C)CCCNC(=O)NS(=O)(=O)C4CC4)C3(C)CC[C@@H]2[C@@]2(C)CC[C@@H](O)C[C@@H]12. The topological polar surface area (TPSA) is 116 Å². The second kappa shape index (κ2) is 10.5. The van der Waals surface area contributed by atoms with Gasteiger partial charge in [0.2, 0.25) is 10.0 Å². The van der Waals surface area contributed by atoms with Gasteiger partial charge in [0.15, 0.2) is 0 Å². The maximum atomic E-state index is 12.1. The largest absolute Gasteiger partial charge is 0.393 e. The van der Waals surface area contributed by atoms with Crippen molar-refractivity contribution in [1.29, 1.82) is 0 Å². The Kier molecular flexibility index (Phi) is 7.93. The van der Waals surface area contributed by atoms with Crippen LogP contribution in [0.5, 0.6) is 0 Å². The molecule has 38 heavy (non-hydrogen) atoms. The standard InChI is InChI=1S/C30H52N2O5S/c1-5-21-25-17-19(33)12-14-30(25,4)24-13-15-29(3)22(10-11-23(29)26(24)27(21)34)18(2)7-6-16-31-28(35)32-38(36,37)20-8-9-20/h18-27,33-34H,5-17H2,1-4H3,(H2,31,32,35)/t18-,19-,21-,22-,23+,24+,25+,26+,27-,29?,30-/m1/s1. The van der Waals surface area contributed by atoms with E-state index >= 15 is 0 Å². The van der Waals surface area contributed by atoms with Crippen LogP contribution in [0.15, 0.2) is 0 Å². The van der Waals surface area contributed by atoms with E-state index in [1.165, 1.54) is 25.7 Å². The number of aliphatic hydroxyl groups is 2. The van der Waals surface area contributed by atoms with Gasteiger partial charge in [0, 0.05) is 6.54 Å². The normalized spacial score (nSPS) is 45.4. The minimum absolute atomic E-state index is 0.209. The Hall–Kier alpha value is -0.860. The van der Waals surface area contributed by atoms with Crippen LogP contribution in [0.3, 0.4) is 0 Å². The number of carbonyl (C=O) groups is 1. The number of rotatable bonds is 8. The summed E-state index contributed by atoms with van der Waals surface area (Å²) in [5.41, 5.74) is 0.467. The Morgan fingerprint density at radius 1 is 0.974 bits per heavy atom. The second-order valence-corrected chi connectivity index (χ2v) is 16.3. The molecule has 1 unspecified atom stereocenters. The Morgan fingerprint density at radius 3 is 2.34 bits per heavy atom. The second-order valence-electron chi connectivity index (χ2n) is 14.3. The van der Waals surface area contributed by atoms with E-state index in [9.17, 15) is 23.4 Å². The minimum Gasteiger partial charge on any atom is -0.393 e. The first-order chi connectivity index (χ1) is 17.9. The molecule has 5 aliphatic rings. The van der Waals surface area contributed by atoms with Crippen molar-refractivity contribution < 1.29 is 23.4 Å². The molecule has 0 radical (unpaired) electrons. The van der Waals surface area contributed by atoms with Crippen LogP contribution in [-0.2, 0) is 10.0 Å². The third kappa shape index (κ3) is 4.93. The van der Waals surface area contributed by atoms with Crippen molar-refractivity contribution in [3.8, 4) is 0 Å². The zero-order valence-corrected chi connectivity index (χ0v) is 24.8. The molecule has 0 heterocycles. The summed E-state index contributed by atoms with van der Waals surface area (Å²) in [4.78, 5) is 12.1. The first kappa shape index (κ1) is 28.7. The van der Waals surface area contributed by atoms with Gasteiger partial charge in [-0.3, -0.25) is 0 Å². The van der Waals surface area contributed by atoms with E-state index in [0.29, 0.717) is 54.9 Å². The molecule has 0 aromatic rings. The molecule has 218 valence electrons. The lowest BCUT2D eigenvalue weighted by Gasteiger charge is -2.64. The predicted octanol–water partition coefficient (Wildman–Crippen LogP) is 4.82. The van der Waals surface area contributed by atoms with Gasteiger partial charge in [-0.2, -0.15) is 0 Å². The highest BCUT2D eigenvalue weighted by molar-refractivity contribution is 7.90. The van der Waals surface area contributed by atoms with E-state index in [1.807, 2.05) is 0 Å². The average molecular weight is 553 g/mol. The molecule has 4 N–H and O–H groups in total. The summed E-state index contributed by atoms with van der Waals surface area (Å²) >= 11 is 0. The number of amides is 2. The molecule has 8 heteroatoms. The predicted molar refractivity (Wildman–Crippen MR) is 149 cm³/mol. The number of urea groups is 1. The quantitative estimate of drug-likeness (QED) is 0.322. The first-order valence-corrected chi connectivity index (χ1v) is 17.1. The van der Waals surface area contributed by atoms with E-state index in [4.69, 9.17) is 0 Å². The molecular formula is C30H52N2O5S. The average Bonchev–Trinajstić information content (AvgIpc) is 3.66. The molecule has 0 aliphatic heterocycles. The third-order valence-electron chi connectivity index (χ3n) is 12.5. The summed E-state index contributed by atoms with van der Waals surface area (Å²) in [5.74, 6) is 3.33. The van der Waals surface area contributed by atoms with Crippen LogP contribution in [0, 0.1) is 52.3 Å². The van der Waals surface area contributed by atoms with Gasteiger partial charge in [-0.05, 0) is 123 Å². The summed E-state index contributed by atoms with van der Waals surface area (Å²) < 4.78 is 26.1. The molecule has 7 nitrogen and oxygen atoms in total. The van der Waals surface area contributed by atoms with Crippen LogP contribution in [0.1, 0.15) is 105 Å². The van der Waals surface area contributed by atoms with Crippen LogP contribution in [-0.4, -0.2) is 48.7 Å². The summed E-state index contributed by atoms with van der Waals surface area (Å²) in [6.07, 6.45) is 11.3. The molecule has 5 fully saturated rings. The molecule has 0 spiro atoms. The molecule has 0 aromatic heterocycles. The smallest absolute Gasteiger partial charge is 0.328 e. The number of carbonyl (C=O) groups excluding carboxylic acids is 1. The zero-order valence-electron chi connectivity index (χ0n) is 24.0. The fourth-order valence-electron chi connectivity index (χ4n) is 10.4. The summed E-state index contributed by atoms with van der Waals surface area (Å²) in [6.45, 7) is 10.1. The van der Waals surface area contributed by atoms with Gasteiger partial charge in [-0.15, -0.1) is 0 Å². The fraction of sp³-hybridized carbons (Fsp3) is 0.967. The van der Waals surface area contributed by atoms with E-state index in [1.54, 1.807) is 0 Å². The molecule has 5 aliphatic carbocycles. The summed E-state index contributed by atoms with van der Waals surface area (Å²) in [6, 6.07) is -0.602. The third-order valence-corrected chi connectivity index (χ3v) is 14.3. The van der Waals surface area contributed by atoms with Crippen LogP contribution in [0.25, 0.3) is 0 Å². The van der Waals surface area contributed by atoms with Gasteiger partial charge in [0.25, 0.3) is 0 Å².